The van der Waals surface area contributed by atoms with E-state index in [4.69, 9.17) is 0 Å². The van der Waals surface area contributed by atoms with Crippen LogP contribution in [-0.4, -0.2) is 49.9 Å². The molecule has 1 aliphatic heterocycles. The van der Waals surface area contributed by atoms with Crippen molar-refractivity contribution < 1.29 is 22.8 Å². The van der Waals surface area contributed by atoms with E-state index in [0.717, 1.165) is 12.1 Å². The lowest BCUT2D eigenvalue weighted by Gasteiger charge is -2.20. The summed E-state index contributed by atoms with van der Waals surface area (Å²) in [6.07, 6.45) is -4.61. The van der Waals surface area contributed by atoms with E-state index in [1.807, 2.05) is 4.90 Å². The van der Waals surface area contributed by atoms with Crippen molar-refractivity contribution in [2.24, 2.45) is 5.92 Å². The number of halogens is 3. The average Bonchev–Trinajstić information content (AvgIpc) is 2.86. The molecule has 0 aliphatic carbocycles. The van der Waals surface area contributed by atoms with Crippen molar-refractivity contribution >= 4 is 11.8 Å². The first kappa shape index (κ1) is 17.3. The Hall–Kier alpha value is -2.09. The van der Waals surface area contributed by atoms with E-state index in [2.05, 4.69) is 10.6 Å². The Labute approximate surface area is 131 Å². The van der Waals surface area contributed by atoms with Crippen molar-refractivity contribution in [3.05, 3.63) is 35.4 Å². The van der Waals surface area contributed by atoms with Crippen LogP contribution in [0.3, 0.4) is 0 Å². The summed E-state index contributed by atoms with van der Waals surface area (Å²) in [7, 11) is 3.27. The van der Waals surface area contributed by atoms with E-state index in [1.165, 1.54) is 19.2 Å². The van der Waals surface area contributed by atoms with Crippen LogP contribution in [0.4, 0.5) is 13.2 Å². The zero-order valence-electron chi connectivity index (χ0n) is 12.8. The minimum atomic E-state index is -4.61. The Kier molecular flexibility index (Phi) is 4.93. The summed E-state index contributed by atoms with van der Waals surface area (Å²) in [5.74, 6) is -1.57. The summed E-state index contributed by atoms with van der Waals surface area (Å²) in [4.78, 5) is 26.0. The van der Waals surface area contributed by atoms with E-state index < -0.39 is 35.2 Å². The predicted molar refractivity (Wildman–Crippen MR) is 77.8 cm³/mol. The number of hydrogen-bond donors (Lipinski definition) is 2. The fourth-order valence-electron chi connectivity index (χ4n) is 2.77. The molecule has 0 radical (unpaired) electrons. The van der Waals surface area contributed by atoms with Crippen LogP contribution in [0.1, 0.15) is 15.9 Å². The molecule has 2 atom stereocenters. The number of benzene rings is 1. The Balaban J connectivity index is 2.21. The third kappa shape index (κ3) is 3.82. The number of nitrogens with zero attached hydrogens (tertiary/aromatic N) is 1. The van der Waals surface area contributed by atoms with Gasteiger partial charge in [0, 0.05) is 20.1 Å². The third-order valence-corrected chi connectivity index (χ3v) is 3.88. The zero-order chi connectivity index (χ0) is 17.2. The normalized spacial score (nSPS) is 22.0. The first-order chi connectivity index (χ1) is 10.7. The van der Waals surface area contributed by atoms with Gasteiger partial charge in [0.1, 0.15) is 0 Å². The lowest BCUT2D eigenvalue weighted by molar-refractivity contribution is -0.138. The highest BCUT2D eigenvalue weighted by Crippen LogP contribution is 2.32. The van der Waals surface area contributed by atoms with Crippen LogP contribution in [0.15, 0.2) is 24.3 Å². The summed E-state index contributed by atoms with van der Waals surface area (Å²) in [5.41, 5.74) is -1.43. The summed E-state index contributed by atoms with van der Waals surface area (Å²) < 4.78 is 39.0. The van der Waals surface area contributed by atoms with Crippen LogP contribution >= 0.6 is 0 Å². The molecule has 1 aliphatic rings. The van der Waals surface area contributed by atoms with E-state index in [1.54, 1.807) is 7.05 Å². The second-order valence-corrected chi connectivity index (χ2v) is 5.57. The minimum Gasteiger partial charge on any atom is -0.359 e. The van der Waals surface area contributed by atoms with Gasteiger partial charge in [-0.15, -0.1) is 0 Å². The van der Waals surface area contributed by atoms with Crippen molar-refractivity contribution in [1.29, 1.82) is 0 Å². The van der Waals surface area contributed by atoms with E-state index in [-0.39, 0.29) is 5.91 Å². The maximum Gasteiger partial charge on any atom is 0.417 e. The molecule has 1 saturated heterocycles. The molecule has 0 unspecified atom stereocenters. The van der Waals surface area contributed by atoms with Gasteiger partial charge >= 0.3 is 6.18 Å². The lowest BCUT2D eigenvalue weighted by atomic mass is 10.0. The van der Waals surface area contributed by atoms with Gasteiger partial charge in [0.15, 0.2) is 0 Å². The molecular weight excluding hydrogens is 311 g/mol. The van der Waals surface area contributed by atoms with Crippen LogP contribution in [0.25, 0.3) is 0 Å². The number of rotatable bonds is 3. The standard InChI is InChI=1S/C15H18F3N3O2/c1-19-13(22)10-7-21(2)8-12(10)20-14(23)9-5-3-4-6-11(9)15(16,17)18/h3-6,10,12H,7-8H2,1-2H3,(H,19,22)(H,20,23)/t10-,12+/m1/s1. The Bertz CT molecular complexity index is 604. The number of likely N-dealkylation sites (tertiary alicyclic amines) is 1. The van der Waals surface area contributed by atoms with Gasteiger partial charge in [-0.25, -0.2) is 0 Å². The second-order valence-electron chi connectivity index (χ2n) is 5.57. The highest BCUT2D eigenvalue weighted by Gasteiger charge is 2.39. The molecule has 1 heterocycles. The molecule has 1 fully saturated rings. The molecule has 5 nitrogen and oxygen atoms in total. The summed E-state index contributed by atoms with van der Waals surface area (Å²) in [6, 6.07) is 4.07. The van der Waals surface area contributed by atoms with Gasteiger partial charge < -0.3 is 15.5 Å². The molecule has 0 spiro atoms. The fraction of sp³-hybridized carbons (Fsp3) is 0.467. The van der Waals surface area contributed by atoms with Crippen LogP contribution < -0.4 is 10.6 Å². The second kappa shape index (κ2) is 6.57. The van der Waals surface area contributed by atoms with Gasteiger partial charge in [0.05, 0.1) is 23.1 Å². The molecule has 8 heteroatoms. The Morgan fingerprint density at radius 3 is 2.48 bits per heavy atom. The molecule has 1 aromatic rings. The van der Waals surface area contributed by atoms with E-state index >= 15 is 0 Å². The van der Waals surface area contributed by atoms with Gasteiger partial charge in [0.25, 0.3) is 5.91 Å². The predicted octanol–water partition coefficient (Wildman–Crippen LogP) is 1.11. The highest BCUT2D eigenvalue weighted by molar-refractivity contribution is 5.96. The summed E-state index contributed by atoms with van der Waals surface area (Å²) in [6.45, 7) is 0.837. The molecule has 0 saturated carbocycles. The number of carbonyl (C=O) groups excluding carboxylic acids is 2. The molecule has 2 rings (SSSR count). The molecule has 1 aromatic carbocycles. The maximum absolute atomic E-state index is 13.0. The summed E-state index contributed by atoms with van der Waals surface area (Å²) in [5, 5.41) is 5.07. The van der Waals surface area contributed by atoms with Crippen molar-refractivity contribution in [2.45, 2.75) is 12.2 Å². The Morgan fingerprint density at radius 2 is 1.87 bits per heavy atom. The SMILES string of the molecule is CNC(=O)[C@@H]1CN(C)C[C@@H]1NC(=O)c1ccccc1C(F)(F)F. The number of nitrogens with one attached hydrogen (secondary N) is 2. The largest absolute Gasteiger partial charge is 0.417 e. The van der Waals surface area contributed by atoms with Gasteiger partial charge in [-0.05, 0) is 19.2 Å². The molecule has 0 aromatic heterocycles. The summed E-state index contributed by atoms with van der Waals surface area (Å²) >= 11 is 0. The third-order valence-electron chi connectivity index (χ3n) is 3.88. The van der Waals surface area contributed by atoms with Crippen molar-refractivity contribution in [2.75, 3.05) is 27.2 Å². The number of amides is 2. The molecule has 2 N–H and O–H groups in total. The quantitative estimate of drug-likeness (QED) is 0.873. The molecule has 2 amide bonds. The van der Waals surface area contributed by atoms with Crippen LogP contribution in [-0.2, 0) is 11.0 Å². The molecule has 23 heavy (non-hydrogen) atoms. The zero-order valence-corrected chi connectivity index (χ0v) is 12.8. The maximum atomic E-state index is 13.0. The molecule has 126 valence electrons. The average molecular weight is 329 g/mol. The molecule has 0 bridgehead atoms. The van der Waals surface area contributed by atoms with Crippen molar-refractivity contribution in [3.8, 4) is 0 Å². The fourth-order valence-corrected chi connectivity index (χ4v) is 2.77. The first-order valence-electron chi connectivity index (χ1n) is 7.11. The first-order valence-corrected chi connectivity index (χ1v) is 7.11. The number of carbonyl (C=O) groups is 2. The minimum absolute atomic E-state index is 0.247. The lowest BCUT2D eigenvalue weighted by Crippen LogP contribution is -2.45. The van der Waals surface area contributed by atoms with Crippen molar-refractivity contribution in [3.63, 3.8) is 0 Å². The number of hydrogen-bond acceptors (Lipinski definition) is 3. The van der Waals surface area contributed by atoms with E-state index in [9.17, 15) is 22.8 Å². The number of alkyl halides is 3. The van der Waals surface area contributed by atoms with E-state index in [0.29, 0.717) is 13.1 Å². The highest BCUT2D eigenvalue weighted by atomic mass is 19.4. The number of likely N-dealkylation sites (N-methyl/N-ethyl adjacent to an activating group) is 1. The van der Waals surface area contributed by atoms with Crippen LogP contribution in [0.5, 0.6) is 0 Å². The van der Waals surface area contributed by atoms with Gasteiger partial charge in [-0.1, -0.05) is 12.1 Å². The van der Waals surface area contributed by atoms with Gasteiger partial charge in [-0.3, -0.25) is 9.59 Å². The van der Waals surface area contributed by atoms with Gasteiger partial charge in [-0.2, -0.15) is 13.2 Å². The van der Waals surface area contributed by atoms with Gasteiger partial charge in [0.2, 0.25) is 5.91 Å². The topological polar surface area (TPSA) is 61.4 Å². The smallest absolute Gasteiger partial charge is 0.359 e. The van der Waals surface area contributed by atoms with Crippen LogP contribution in [0, 0.1) is 5.92 Å². The Morgan fingerprint density at radius 1 is 1.22 bits per heavy atom. The monoisotopic (exact) mass is 329 g/mol. The molecular formula is C15H18F3N3O2. The van der Waals surface area contributed by atoms with Crippen molar-refractivity contribution in [1.82, 2.24) is 15.5 Å². The van der Waals surface area contributed by atoms with Crippen LogP contribution in [0.2, 0.25) is 0 Å².